The maximum atomic E-state index is 5.85. The Kier molecular flexibility index (Phi) is 4.30. The van der Waals surface area contributed by atoms with E-state index in [1.807, 2.05) is 6.07 Å². The van der Waals surface area contributed by atoms with Crippen LogP contribution in [0.2, 0.25) is 0 Å². The first kappa shape index (κ1) is 12.7. The van der Waals surface area contributed by atoms with Crippen molar-refractivity contribution in [3.8, 4) is 5.75 Å². The van der Waals surface area contributed by atoms with Crippen molar-refractivity contribution in [1.82, 2.24) is 4.90 Å². The van der Waals surface area contributed by atoms with Gasteiger partial charge in [0, 0.05) is 36.5 Å². The van der Waals surface area contributed by atoms with E-state index in [1.165, 1.54) is 5.56 Å². The summed E-state index contributed by atoms with van der Waals surface area (Å²) in [5.74, 6) is 2.22. The number of hydrogen-bond donors (Lipinski definition) is 0. The molecule has 3 heteroatoms. The third kappa shape index (κ3) is 2.93. The van der Waals surface area contributed by atoms with E-state index in [-0.39, 0.29) is 0 Å². The first-order valence-electron chi connectivity index (χ1n) is 6.24. The Labute approximate surface area is 109 Å². The van der Waals surface area contributed by atoms with Gasteiger partial charge in [-0.3, -0.25) is 4.90 Å². The second-order valence-electron chi connectivity index (χ2n) is 4.82. The van der Waals surface area contributed by atoms with Crippen molar-refractivity contribution in [2.24, 2.45) is 0 Å². The summed E-state index contributed by atoms with van der Waals surface area (Å²) < 4.78 is 5.71. The van der Waals surface area contributed by atoms with Crippen LogP contribution in [0.3, 0.4) is 0 Å². The molecule has 0 bridgehead atoms. The van der Waals surface area contributed by atoms with E-state index in [1.54, 1.807) is 0 Å². The number of halogens is 1. The van der Waals surface area contributed by atoms with Gasteiger partial charge in [0.1, 0.15) is 5.75 Å². The molecule has 0 fully saturated rings. The lowest BCUT2D eigenvalue weighted by molar-refractivity contribution is 0.204. The number of rotatable bonds is 5. The van der Waals surface area contributed by atoms with Crippen molar-refractivity contribution in [2.45, 2.75) is 25.8 Å². The third-order valence-electron chi connectivity index (χ3n) is 3.36. The summed E-state index contributed by atoms with van der Waals surface area (Å²) in [6, 6.07) is 8.87. The van der Waals surface area contributed by atoms with Gasteiger partial charge in [-0.05, 0) is 19.9 Å². The molecule has 0 radical (unpaired) electrons. The molecule has 0 spiro atoms. The lowest BCUT2D eigenvalue weighted by atomic mass is 10.0. The highest BCUT2D eigenvalue weighted by Gasteiger charge is 2.26. The summed E-state index contributed by atoms with van der Waals surface area (Å²) in [5, 5.41) is 0. The predicted molar refractivity (Wildman–Crippen MR) is 72.1 cm³/mol. The molecule has 0 saturated carbocycles. The van der Waals surface area contributed by atoms with E-state index in [4.69, 9.17) is 16.3 Å². The average molecular weight is 254 g/mol. The highest BCUT2D eigenvalue weighted by atomic mass is 35.5. The summed E-state index contributed by atoms with van der Waals surface area (Å²) in [4.78, 5) is 2.42. The van der Waals surface area contributed by atoms with Crippen LogP contribution in [0.1, 0.15) is 25.3 Å². The van der Waals surface area contributed by atoms with Crippen LogP contribution in [-0.4, -0.2) is 36.5 Å². The molecule has 0 saturated heterocycles. The lowest BCUT2D eigenvalue weighted by Gasteiger charge is -2.28. The number of hydrogen-bond acceptors (Lipinski definition) is 2. The first-order chi connectivity index (χ1) is 8.22. The topological polar surface area (TPSA) is 12.5 Å². The van der Waals surface area contributed by atoms with Gasteiger partial charge < -0.3 is 4.74 Å². The summed E-state index contributed by atoms with van der Waals surface area (Å²) in [6.07, 6.45) is 0. The molecule has 1 atom stereocenters. The summed E-state index contributed by atoms with van der Waals surface area (Å²) >= 11 is 5.85. The van der Waals surface area contributed by atoms with Crippen molar-refractivity contribution < 1.29 is 4.74 Å². The number of para-hydroxylation sites is 1. The van der Waals surface area contributed by atoms with Crippen molar-refractivity contribution in [3.63, 3.8) is 0 Å². The molecule has 1 aliphatic heterocycles. The fourth-order valence-corrected chi connectivity index (χ4v) is 2.55. The molecule has 1 aromatic carbocycles. The maximum absolute atomic E-state index is 5.85. The van der Waals surface area contributed by atoms with Gasteiger partial charge in [0.25, 0.3) is 0 Å². The molecule has 1 aromatic rings. The molecular weight excluding hydrogens is 234 g/mol. The van der Waals surface area contributed by atoms with Crippen LogP contribution in [0, 0.1) is 0 Å². The Morgan fingerprint density at radius 1 is 1.41 bits per heavy atom. The monoisotopic (exact) mass is 253 g/mol. The second kappa shape index (κ2) is 5.74. The fraction of sp³-hybridized carbons (Fsp3) is 0.571. The molecule has 0 aromatic heterocycles. The zero-order valence-corrected chi connectivity index (χ0v) is 11.3. The highest BCUT2D eigenvalue weighted by molar-refractivity contribution is 6.18. The van der Waals surface area contributed by atoms with Crippen molar-refractivity contribution >= 4 is 11.6 Å². The molecule has 0 aliphatic carbocycles. The largest absolute Gasteiger partial charge is 0.493 e. The molecule has 2 nitrogen and oxygen atoms in total. The Morgan fingerprint density at radius 3 is 2.88 bits per heavy atom. The quantitative estimate of drug-likeness (QED) is 0.748. The predicted octanol–water partition coefficient (Wildman–Crippen LogP) is 3.11. The Bertz CT molecular complexity index is 367. The van der Waals surface area contributed by atoms with Gasteiger partial charge in [-0.15, -0.1) is 11.6 Å². The molecule has 1 aliphatic rings. The van der Waals surface area contributed by atoms with E-state index >= 15 is 0 Å². The van der Waals surface area contributed by atoms with E-state index < -0.39 is 0 Å². The molecule has 0 N–H and O–H groups in total. The van der Waals surface area contributed by atoms with Gasteiger partial charge in [-0.25, -0.2) is 0 Å². The Morgan fingerprint density at radius 2 is 2.18 bits per heavy atom. The maximum Gasteiger partial charge on any atom is 0.122 e. The van der Waals surface area contributed by atoms with Crippen LogP contribution in [0.25, 0.3) is 0 Å². The Hall–Kier alpha value is -0.730. The molecule has 0 amide bonds. The van der Waals surface area contributed by atoms with Gasteiger partial charge in [-0.2, -0.15) is 0 Å². The highest BCUT2D eigenvalue weighted by Crippen LogP contribution is 2.34. The number of alkyl halides is 1. The lowest BCUT2D eigenvalue weighted by Crippen LogP contribution is -2.36. The molecule has 2 rings (SSSR count). The van der Waals surface area contributed by atoms with Gasteiger partial charge in [0.15, 0.2) is 0 Å². The number of benzene rings is 1. The van der Waals surface area contributed by atoms with Crippen LogP contribution in [0.15, 0.2) is 24.3 Å². The SMILES string of the molecule is CC(C)N(CCCl)CC1COc2ccccc21. The standard InChI is InChI=1S/C14H20ClNO/c1-11(2)16(8-7-15)9-12-10-17-14-6-4-3-5-13(12)14/h3-6,11-12H,7-10H2,1-2H3. The van der Waals surface area contributed by atoms with Crippen LogP contribution in [-0.2, 0) is 0 Å². The summed E-state index contributed by atoms with van der Waals surface area (Å²) in [6.45, 7) is 7.20. The molecule has 17 heavy (non-hydrogen) atoms. The van der Waals surface area contributed by atoms with Crippen molar-refractivity contribution in [1.29, 1.82) is 0 Å². The van der Waals surface area contributed by atoms with Crippen molar-refractivity contribution in [2.75, 3.05) is 25.6 Å². The van der Waals surface area contributed by atoms with Gasteiger partial charge in [0.2, 0.25) is 0 Å². The van der Waals surface area contributed by atoms with Crippen LogP contribution in [0.5, 0.6) is 5.75 Å². The minimum atomic E-state index is 0.483. The number of ether oxygens (including phenoxy) is 1. The zero-order chi connectivity index (χ0) is 12.3. The van der Waals surface area contributed by atoms with E-state index in [2.05, 4.69) is 36.9 Å². The third-order valence-corrected chi connectivity index (χ3v) is 3.52. The summed E-state index contributed by atoms with van der Waals surface area (Å²) in [7, 11) is 0. The Balaban J connectivity index is 2.05. The number of fused-ring (bicyclic) bond motifs is 1. The van der Waals surface area contributed by atoms with Gasteiger partial charge in [-0.1, -0.05) is 18.2 Å². The van der Waals surface area contributed by atoms with Gasteiger partial charge >= 0.3 is 0 Å². The fourth-order valence-electron chi connectivity index (χ4n) is 2.33. The molecule has 1 heterocycles. The van der Waals surface area contributed by atoms with E-state index in [9.17, 15) is 0 Å². The first-order valence-corrected chi connectivity index (χ1v) is 6.77. The van der Waals surface area contributed by atoms with Gasteiger partial charge in [0.05, 0.1) is 6.61 Å². The minimum Gasteiger partial charge on any atom is -0.493 e. The minimum absolute atomic E-state index is 0.483. The molecular formula is C14H20ClNO. The number of nitrogens with zero attached hydrogens (tertiary/aromatic N) is 1. The smallest absolute Gasteiger partial charge is 0.122 e. The molecule has 1 unspecified atom stereocenters. The summed E-state index contributed by atoms with van der Waals surface area (Å²) in [5.41, 5.74) is 1.34. The van der Waals surface area contributed by atoms with E-state index in [0.29, 0.717) is 17.8 Å². The van der Waals surface area contributed by atoms with Crippen LogP contribution >= 0.6 is 11.6 Å². The average Bonchev–Trinajstić information content (AvgIpc) is 2.72. The van der Waals surface area contributed by atoms with E-state index in [0.717, 1.165) is 25.4 Å². The molecule has 94 valence electrons. The zero-order valence-electron chi connectivity index (χ0n) is 10.5. The second-order valence-corrected chi connectivity index (χ2v) is 5.20. The van der Waals surface area contributed by atoms with Crippen molar-refractivity contribution in [3.05, 3.63) is 29.8 Å². The normalized spacial score (nSPS) is 18.5. The van der Waals surface area contributed by atoms with Crippen LogP contribution in [0.4, 0.5) is 0 Å². The van der Waals surface area contributed by atoms with Crippen LogP contribution < -0.4 is 4.74 Å².